The van der Waals surface area contributed by atoms with Crippen LogP contribution in [0, 0.1) is 6.92 Å². The molecule has 0 saturated carbocycles. The number of likely N-dealkylation sites (tertiary alicyclic amines) is 1. The van der Waals surface area contributed by atoms with Crippen molar-refractivity contribution in [3.8, 4) is 11.3 Å². The molecular weight excluding hydrogens is 466 g/mol. The van der Waals surface area contributed by atoms with E-state index in [4.69, 9.17) is 9.72 Å². The highest BCUT2D eigenvalue weighted by atomic mass is 16.5. The van der Waals surface area contributed by atoms with Crippen LogP contribution < -0.4 is 10.6 Å². The van der Waals surface area contributed by atoms with Crippen LogP contribution in [0.2, 0.25) is 0 Å². The first-order chi connectivity index (χ1) is 17.3. The van der Waals surface area contributed by atoms with E-state index >= 15 is 0 Å². The molecule has 1 aliphatic rings. The molecule has 1 aliphatic heterocycles. The van der Waals surface area contributed by atoms with Gasteiger partial charge in [-0.05, 0) is 39.1 Å². The normalized spacial score (nSPS) is 18.5. The molecule has 12 nitrogen and oxygen atoms in total. The number of anilines is 1. The Bertz CT molecular complexity index is 1220. The van der Waals surface area contributed by atoms with Crippen molar-refractivity contribution in [1.29, 1.82) is 0 Å². The molecule has 3 aromatic rings. The van der Waals surface area contributed by atoms with Crippen LogP contribution in [0.3, 0.4) is 0 Å². The van der Waals surface area contributed by atoms with E-state index in [-0.39, 0.29) is 25.1 Å². The molecule has 0 radical (unpaired) electrons. The molecule has 1 unspecified atom stereocenters. The third-order valence-electron chi connectivity index (χ3n) is 6.26. The monoisotopic (exact) mass is 497 g/mol. The maximum Gasteiger partial charge on any atom is 0.408 e. The Morgan fingerprint density at radius 2 is 2.06 bits per heavy atom. The van der Waals surface area contributed by atoms with Crippen molar-refractivity contribution in [2.75, 3.05) is 32.1 Å². The highest BCUT2D eigenvalue weighted by Gasteiger charge is 2.40. The number of ether oxygens (including phenoxy) is 1. The molecule has 0 aromatic carbocycles. The van der Waals surface area contributed by atoms with Gasteiger partial charge in [-0.15, -0.1) is 0 Å². The number of hydrogen-bond acceptors (Lipinski definition) is 8. The van der Waals surface area contributed by atoms with Crippen LogP contribution in [-0.2, 0) is 16.1 Å². The fourth-order valence-electron chi connectivity index (χ4n) is 4.70. The van der Waals surface area contributed by atoms with E-state index in [1.165, 1.54) is 0 Å². The first-order valence-corrected chi connectivity index (χ1v) is 11.9. The largest absolute Gasteiger partial charge is 0.480 e. The summed E-state index contributed by atoms with van der Waals surface area (Å²) < 4.78 is 8.00. The standard InChI is InChI=1S/C24H31N7O5/c1-4-36-16(11-25-3)13-30-14(2)27-22-21(30)17(8-9-26-22)18-6-5-7-20(29-18)28-15-10-19(23(32)33)31(12-15)24(34)35/h5-9,15-16,19,25H,4,10-13H2,1-3H3,(H,28,29)(H,32,33)(H,34,35)/t15-,16?,19-/m0/s1. The number of rotatable bonds is 10. The number of nitrogens with one attached hydrogen (secondary N) is 2. The molecule has 4 heterocycles. The van der Waals surface area contributed by atoms with Gasteiger partial charge >= 0.3 is 12.1 Å². The van der Waals surface area contributed by atoms with Gasteiger partial charge < -0.3 is 30.2 Å². The number of carbonyl (C=O) groups is 2. The molecule has 0 aliphatic carbocycles. The van der Waals surface area contributed by atoms with Gasteiger partial charge in [-0.2, -0.15) is 0 Å². The number of carboxylic acid groups (broad SMARTS) is 2. The van der Waals surface area contributed by atoms with Crippen LogP contribution in [-0.4, -0.2) is 91.6 Å². The zero-order valence-electron chi connectivity index (χ0n) is 20.5. The third kappa shape index (κ3) is 5.24. The highest BCUT2D eigenvalue weighted by Crippen LogP contribution is 2.29. The molecule has 4 N–H and O–H groups in total. The van der Waals surface area contributed by atoms with Crippen molar-refractivity contribution in [2.24, 2.45) is 0 Å². The zero-order chi connectivity index (χ0) is 25.8. The number of imidazole rings is 1. The number of amides is 1. The molecule has 1 saturated heterocycles. The van der Waals surface area contributed by atoms with E-state index in [1.807, 2.05) is 39.1 Å². The van der Waals surface area contributed by atoms with Crippen LogP contribution in [0.5, 0.6) is 0 Å². The Hall–Kier alpha value is -3.77. The van der Waals surface area contributed by atoms with Crippen LogP contribution in [0.15, 0.2) is 30.5 Å². The third-order valence-corrected chi connectivity index (χ3v) is 6.26. The molecule has 0 bridgehead atoms. The van der Waals surface area contributed by atoms with Crippen LogP contribution in [0.4, 0.5) is 10.6 Å². The number of hydrogen-bond donors (Lipinski definition) is 4. The van der Waals surface area contributed by atoms with Crippen LogP contribution >= 0.6 is 0 Å². The Morgan fingerprint density at radius 3 is 2.72 bits per heavy atom. The number of aromatic nitrogens is 4. The van der Waals surface area contributed by atoms with Gasteiger partial charge in [0.2, 0.25) is 0 Å². The molecule has 36 heavy (non-hydrogen) atoms. The van der Waals surface area contributed by atoms with Gasteiger partial charge in [0.25, 0.3) is 0 Å². The number of nitrogens with zero attached hydrogens (tertiary/aromatic N) is 5. The van der Waals surface area contributed by atoms with Crippen LogP contribution in [0.25, 0.3) is 22.4 Å². The minimum Gasteiger partial charge on any atom is -0.480 e. The predicted octanol–water partition coefficient (Wildman–Crippen LogP) is 2.04. The van der Waals surface area contributed by atoms with Gasteiger partial charge in [0.15, 0.2) is 5.65 Å². The molecule has 4 rings (SSSR count). The first-order valence-electron chi connectivity index (χ1n) is 11.9. The molecule has 192 valence electrons. The average Bonchev–Trinajstić information content (AvgIpc) is 3.41. The highest BCUT2D eigenvalue weighted by molar-refractivity contribution is 5.89. The number of aliphatic carboxylic acids is 1. The Kier molecular flexibility index (Phi) is 7.65. The maximum absolute atomic E-state index is 11.5. The van der Waals surface area contributed by atoms with E-state index in [2.05, 4.69) is 25.2 Å². The summed E-state index contributed by atoms with van der Waals surface area (Å²) in [6, 6.07) is 5.95. The van der Waals surface area contributed by atoms with E-state index in [0.29, 0.717) is 36.9 Å². The molecule has 12 heteroatoms. The summed E-state index contributed by atoms with van der Waals surface area (Å²) in [4.78, 5) is 37.8. The minimum absolute atomic E-state index is 0.0492. The van der Waals surface area contributed by atoms with E-state index < -0.39 is 18.1 Å². The lowest BCUT2D eigenvalue weighted by molar-refractivity contribution is -0.141. The predicted molar refractivity (Wildman–Crippen MR) is 133 cm³/mol. The first kappa shape index (κ1) is 25.3. The minimum atomic E-state index is -1.25. The lowest BCUT2D eigenvalue weighted by atomic mass is 10.1. The summed E-state index contributed by atoms with van der Waals surface area (Å²) >= 11 is 0. The lowest BCUT2D eigenvalue weighted by Crippen LogP contribution is -2.39. The summed E-state index contributed by atoms with van der Waals surface area (Å²) in [5.74, 6) is 0.193. The molecule has 3 aromatic heterocycles. The number of pyridine rings is 2. The second-order valence-electron chi connectivity index (χ2n) is 8.71. The summed E-state index contributed by atoms with van der Waals surface area (Å²) in [5, 5.41) is 25.1. The number of likely N-dealkylation sites (N-methyl/N-ethyl adjacent to an activating group) is 1. The van der Waals surface area contributed by atoms with Gasteiger partial charge in [-0.25, -0.2) is 24.5 Å². The van der Waals surface area contributed by atoms with Crippen molar-refractivity contribution in [3.05, 3.63) is 36.3 Å². The zero-order valence-corrected chi connectivity index (χ0v) is 20.5. The summed E-state index contributed by atoms with van der Waals surface area (Å²) in [7, 11) is 1.89. The maximum atomic E-state index is 11.5. The van der Waals surface area contributed by atoms with E-state index in [9.17, 15) is 19.8 Å². The number of aryl methyl sites for hydroxylation is 1. The average molecular weight is 498 g/mol. The van der Waals surface area contributed by atoms with Gasteiger partial charge in [-0.1, -0.05) is 6.07 Å². The summed E-state index contributed by atoms with van der Waals surface area (Å²) in [6.45, 7) is 5.85. The topological polar surface area (TPSA) is 155 Å². The second-order valence-corrected chi connectivity index (χ2v) is 8.71. The second kappa shape index (κ2) is 10.9. The Labute approximate surface area is 208 Å². The van der Waals surface area contributed by atoms with E-state index in [0.717, 1.165) is 21.8 Å². The molecular formula is C24H31N7O5. The molecule has 1 fully saturated rings. The van der Waals surface area contributed by atoms with Gasteiger partial charge in [0.1, 0.15) is 17.7 Å². The van der Waals surface area contributed by atoms with Crippen molar-refractivity contribution in [3.63, 3.8) is 0 Å². The number of fused-ring (bicyclic) bond motifs is 1. The van der Waals surface area contributed by atoms with Crippen molar-refractivity contribution < 1.29 is 24.5 Å². The van der Waals surface area contributed by atoms with Gasteiger partial charge in [0, 0.05) is 43.9 Å². The van der Waals surface area contributed by atoms with Gasteiger partial charge in [-0.3, -0.25) is 4.90 Å². The van der Waals surface area contributed by atoms with E-state index in [1.54, 1.807) is 12.3 Å². The van der Waals surface area contributed by atoms with Crippen molar-refractivity contribution in [2.45, 2.75) is 45.0 Å². The quantitative estimate of drug-likeness (QED) is 0.327. The van der Waals surface area contributed by atoms with Crippen molar-refractivity contribution >= 4 is 29.0 Å². The fraction of sp³-hybridized carbons (Fsp3) is 0.458. The molecule has 3 atom stereocenters. The SMILES string of the molecule is CCOC(CNC)Cn1c(C)nc2nccc(-c3cccc(N[C@H]4C[C@@H](C(=O)O)N(C(=O)O)C4)n3)c21. The Morgan fingerprint density at radius 1 is 1.25 bits per heavy atom. The van der Waals surface area contributed by atoms with Crippen LogP contribution in [0.1, 0.15) is 19.2 Å². The Balaban J connectivity index is 1.64. The summed E-state index contributed by atoms with van der Waals surface area (Å²) in [6.07, 6.45) is 0.554. The lowest BCUT2D eigenvalue weighted by Gasteiger charge is -2.19. The molecule has 0 spiro atoms. The molecule has 1 amide bonds. The fourth-order valence-corrected chi connectivity index (χ4v) is 4.70. The summed E-state index contributed by atoms with van der Waals surface area (Å²) in [5.41, 5.74) is 3.01. The van der Waals surface area contributed by atoms with Crippen molar-refractivity contribution in [1.82, 2.24) is 29.7 Å². The smallest absolute Gasteiger partial charge is 0.408 e. The van der Waals surface area contributed by atoms with Gasteiger partial charge in [0.05, 0.1) is 23.9 Å². The number of carboxylic acids is 1.